The molecule has 3 saturated heterocycles. The number of hydrogen-bond donors (Lipinski definition) is 4. The number of aromatic nitrogens is 4. The second-order valence-electron chi connectivity index (χ2n) is 18.0. The van der Waals surface area contributed by atoms with Gasteiger partial charge in [0.05, 0.1) is 33.6 Å². The van der Waals surface area contributed by atoms with Gasteiger partial charge in [0.1, 0.15) is 22.3 Å². The van der Waals surface area contributed by atoms with Gasteiger partial charge in [-0.3, -0.25) is 33.7 Å². The van der Waals surface area contributed by atoms with Crippen LogP contribution < -0.4 is 31.4 Å². The summed E-state index contributed by atoms with van der Waals surface area (Å²) < 4.78 is 4.17. The lowest BCUT2D eigenvalue weighted by Crippen LogP contribution is -2.49. The summed E-state index contributed by atoms with van der Waals surface area (Å²) in [6.07, 6.45) is 2.66. The minimum absolute atomic E-state index is 0.0294. The number of nitrogens with one attached hydrogen (secondary N) is 3. The SMILES string of the molecule is C[C@@H]1CNc2c(sc3ccc4nc(-c5cc(N6CCN(CC7CCN(c8ccc9c(c8)n(C)c(=O)n9C8CCC(=O)NC8=O)CC7)CC6)nc(C(C)(C)O)c5)ccc4c23)C(=O)N1. The van der Waals surface area contributed by atoms with Gasteiger partial charge in [0, 0.05) is 98.6 Å². The van der Waals surface area contributed by atoms with E-state index < -0.39 is 17.6 Å². The molecule has 3 fully saturated rings. The number of imide groups is 1. The molecule has 16 heteroatoms. The van der Waals surface area contributed by atoms with Crippen LogP contribution in [0.15, 0.2) is 59.4 Å². The number of anilines is 3. The van der Waals surface area contributed by atoms with Crippen LogP contribution in [0.1, 0.15) is 67.9 Å². The normalized spacial score (nSPS) is 20.7. The van der Waals surface area contributed by atoms with E-state index in [4.69, 9.17) is 9.97 Å². The number of rotatable bonds is 7. The molecule has 4 aliphatic rings. The molecule has 8 heterocycles. The Morgan fingerprint density at radius 1 is 0.871 bits per heavy atom. The number of piperidine rings is 2. The number of amides is 3. The maximum absolute atomic E-state index is 13.3. The second kappa shape index (κ2) is 15.5. The van der Waals surface area contributed by atoms with Crippen molar-refractivity contribution in [3.05, 3.63) is 75.7 Å². The largest absolute Gasteiger partial charge is 0.384 e. The van der Waals surface area contributed by atoms with Crippen LogP contribution in [-0.2, 0) is 22.2 Å². The number of carbonyl (C=O) groups is 3. The molecule has 10 rings (SSSR count). The van der Waals surface area contributed by atoms with E-state index in [2.05, 4.69) is 48.8 Å². The van der Waals surface area contributed by atoms with Crippen molar-refractivity contribution in [1.82, 2.24) is 34.6 Å². The molecule has 6 aromatic rings. The summed E-state index contributed by atoms with van der Waals surface area (Å²) in [5, 5.41) is 22.2. The quantitative estimate of drug-likeness (QED) is 0.160. The number of piperazine rings is 1. The highest BCUT2D eigenvalue weighted by Crippen LogP contribution is 2.42. The van der Waals surface area contributed by atoms with Gasteiger partial charge in [-0.05, 0) is 101 Å². The molecule has 2 aromatic carbocycles. The van der Waals surface area contributed by atoms with Crippen LogP contribution in [0.4, 0.5) is 17.2 Å². The lowest BCUT2D eigenvalue weighted by atomic mass is 9.95. The van der Waals surface area contributed by atoms with Gasteiger partial charge in [-0.1, -0.05) is 0 Å². The van der Waals surface area contributed by atoms with Gasteiger partial charge in [0.2, 0.25) is 11.8 Å². The summed E-state index contributed by atoms with van der Waals surface area (Å²) in [6.45, 7) is 12.5. The maximum atomic E-state index is 13.3. The van der Waals surface area contributed by atoms with Gasteiger partial charge in [-0.25, -0.2) is 14.8 Å². The number of imidazole rings is 1. The number of benzene rings is 2. The Labute approximate surface area is 362 Å². The van der Waals surface area contributed by atoms with Crippen LogP contribution in [0.5, 0.6) is 0 Å². The standard InChI is InChI=1S/C46H52N10O5S/c1-26-24-47-41-40-30-6-7-31(49-32(30)8-11-36(40)62-42(41)44(59)48-26)28-21-37(46(2,3)61)50-38(22-28)55-19-17-53(18-20-55)25-27-13-15-54(16-14-27)29-5-9-33-35(23-29)52(4)45(60)56(33)34-10-12-39(57)51-43(34)58/h5-9,11,21-23,26-27,34,47,61H,10,12-20,24-25H2,1-4H3,(H,48,59)(H,51,57,58)/t26-,34?/m1/s1. The average Bonchev–Trinajstić information content (AvgIpc) is 3.71. The third kappa shape index (κ3) is 7.26. The molecular formula is C46H52N10O5S. The number of nitrogens with zero attached hydrogens (tertiary/aromatic N) is 7. The van der Waals surface area contributed by atoms with Crippen molar-refractivity contribution >= 4 is 78.3 Å². The lowest BCUT2D eigenvalue weighted by Gasteiger charge is -2.40. The number of aliphatic hydroxyl groups is 1. The predicted molar refractivity (Wildman–Crippen MR) is 243 cm³/mol. The van der Waals surface area contributed by atoms with Crippen molar-refractivity contribution < 1.29 is 19.5 Å². The highest BCUT2D eigenvalue weighted by Gasteiger charge is 2.32. The Morgan fingerprint density at radius 3 is 2.42 bits per heavy atom. The fourth-order valence-corrected chi connectivity index (χ4v) is 10.8. The molecule has 3 amide bonds. The Bertz CT molecular complexity index is 2840. The second-order valence-corrected chi connectivity index (χ2v) is 19.0. The van der Waals surface area contributed by atoms with E-state index in [0.717, 1.165) is 114 Å². The minimum Gasteiger partial charge on any atom is -0.384 e. The van der Waals surface area contributed by atoms with Crippen molar-refractivity contribution in [2.45, 2.75) is 64.1 Å². The van der Waals surface area contributed by atoms with E-state index >= 15 is 0 Å². The van der Waals surface area contributed by atoms with Gasteiger partial charge in [-0.2, -0.15) is 0 Å². The Kier molecular flexibility index (Phi) is 10.1. The molecule has 0 radical (unpaired) electrons. The monoisotopic (exact) mass is 856 g/mol. The number of carbonyl (C=O) groups excluding carboxylic acids is 3. The summed E-state index contributed by atoms with van der Waals surface area (Å²) in [5.41, 5.74) is 5.14. The highest BCUT2D eigenvalue weighted by molar-refractivity contribution is 7.21. The fourth-order valence-electron chi connectivity index (χ4n) is 9.70. The molecule has 4 aromatic heterocycles. The average molecular weight is 857 g/mol. The number of thiophene rings is 1. The van der Waals surface area contributed by atoms with E-state index in [-0.39, 0.29) is 30.0 Å². The van der Waals surface area contributed by atoms with Crippen LogP contribution in [0.25, 0.3) is 43.3 Å². The topological polar surface area (TPSA) is 170 Å². The van der Waals surface area contributed by atoms with E-state index in [1.54, 1.807) is 25.5 Å². The van der Waals surface area contributed by atoms with Gasteiger partial charge in [0.15, 0.2) is 0 Å². The first kappa shape index (κ1) is 40.2. The molecule has 0 spiro atoms. The summed E-state index contributed by atoms with van der Waals surface area (Å²) in [5.74, 6) is 0.630. The van der Waals surface area contributed by atoms with Gasteiger partial charge in [0.25, 0.3) is 5.91 Å². The third-order valence-corrected chi connectivity index (χ3v) is 14.4. The van der Waals surface area contributed by atoms with Crippen molar-refractivity contribution in [2.75, 3.05) is 67.5 Å². The van der Waals surface area contributed by atoms with E-state index in [1.807, 2.05) is 43.3 Å². The zero-order valence-electron chi connectivity index (χ0n) is 35.5. The molecule has 0 aliphatic carbocycles. The van der Waals surface area contributed by atoms with Crippen LogP contribution >= 0.6 is 11.3 Å². The van der Waals surface area contributed by atoms with E-state index in [0.29, 0.717) is 35.0 Å². The van der Waals surface area contributed by atoms with Crippen molar-refractivity contribution in [1.29, 1.82) is 0 Å². The van der Waals surface area contributed by atoms with Crippen molar-refractivity contribution in [3.8, 4) is 11.3 Å². The molecule has 4 aliphatic heterocycles. The molecule has 62 heavy (non-hydrogen) atoms. The molecule has 15 nitrogen and oxygen atoms in total. The zero-order chi connectivity index (χ0) is 43.0. The number of hydrogen-bond acceptors (Lipinski definition) is 12. The smallest absolute Gasteiger partial charge is 0.329 e. The molecule has 0 bridgehead atoms. The van der Waals surface area contributed by atoms with Gasteiger partial charge < -0.3 is 25.5 Å². The summed E-state index contributed by atoms with van der Waals surface area (Å²) in [4.78, 5) is 68.8. The van der Waals surface area contributed by atoms with E-state index in [1.165, 1.54) is 15.9 Å². The van der Waals surface area contributed by atoms with Gasteiger partial charge >= 0.3 is 5.69 Å². The fraction of sp³-hybridized carbons (Fsp3) is 0.435. The first-order valence-electron chi connectivity index (χ1n) is 21.7. The molecule has 0 saturated carbocycles. The first-order chi connectivity index (χ1) is 29.8. The Balaban J connectivity index is 0.805. The summed E-state index contributed by atoms with van der Waals surface area (Å²) in [6, 6.07) is 17.6. The van der Waals surface area contributed by atoms with Crippen LogP contribution in [0.2, 0.25) is 0 Å². The molecule has 2 atom stereocenters. The number of aryl methyl sites for hydroxylation is 1. The van der Waals surface area contributed by atoms with E-state index in [9.17, 15) is 24.3 Å². The number of fused-ring (bicyclic) bond motifs is 6. The van der Waals surface area contributed by atoms with Crippen LogP contribution in [0, 0.1) is 5.92 Å². The molecular weight excluding hydrogens is 805 g/mol. The Hall–Kier alpha value is -5.84. The molecule has 1 unspecified atom stereocenters. The maximum Gasteiger partial charge on any atom is 0.329 e. The van der Waals surface area contributed by atoms with Crippen molar-refractivity contribution in [2.24, 2.45) is 13.0 Å². The van der Waals surface area contributed by atoms with Crippen LogP contribution in [0.3, 0.4) is 0 Å². The highest BCUT2D eigenvalue weighted by atomic mass is 32.1. The van der Waals surface area contributed by atoms with Crippen LogP contribution in [-0.4, -0.2) is 105 Å². The summed E-state index contributed by atoms with van der Waals surface area (Å²) in [7, 11) is 1.74. The summed E-state index contributed by atoms with van der Waals surface area (Å²) >= 11 is 1.50. The van der Waals surface area contributed by atoms with Crippen molar-refractivity contribution in [3.63, 3.8) is 0 Å². The lowest BCUT2D eigenvalue weighted by molar-refractivity contribution is -0.135. The molecule has 322 valence electrons. The van der Waals surface area contributed by atoms with Gasteiger partial charge in [-0.15, -0.1) is 11.3 Å². The number of pyridine rings is 2. The molecule has 4 N–H and O–H groups in total. The minimum atomic E-state index is -1.15. The first-order valence-corrected chi connectivity index (χ1v) is 22.5. The Morgan fingerprint density at radius 2 is 1.66 bits per heavy atom. The zero-order valence-corrected chi connectivity index (χ0v) is 36.3. The predicted octanol–water partition coefficient (Wildman–Crippen LogP) is 4.95. The third-order valence-electron chi connectivity index (χ3n) is 13.2.